The van der Waals surface area contributed by atoms with Crippen LogP contribution in [0, 0.1) is 0 Å². The Morgan fingerprint density at radius 1 is 1.00 bits per heavy atom. The standard InChI is InChI=1S/C18H37N3/c1-3-11-19-12-7-8-17(2)20-15-9-18(10-16-20)21-13-5-4-6-14-21/h17-19H,3-16H2,1-2H3. The molecular formula is C18H37N3. The molecule has 2 saturated heterocycles. The number of piperidine rings is 2. The van der Waals surface area contributed by atoms with Gasteiger partial charge in [-0.2, -0.15) is 0 Å². The summed E-state index contributed by atoms with van der Waals surface area (Å²) in [6.45, 7) is 12.4. The van der Waals surface area contributed by atoms with Gasteiger partial charge in [0.2, 0.25) is 0 Å². The van der Waals surface area contributed by atoms with E-state index in [4.69, 9.17) is 0 Å². The van der Waals surface area contributed by atoms with Gasteiger partial charge >= 0.3 is 0 Å². The highest BCUT2D eigenvalue weighted by molar-refractivity contribution is 4.83. The molecule has 1 N–H and O–H groups in total. The van der Waals surface area contributed by atoms with Gasteiger partial charge in [0.15, 0.2) is 0 Å². The second-order valence-corrected chi connectivity index (χ2v) is 7.11. The van der Waals surface area contributed by atoms with Gasteiger partial charge in [-0.3, -0.25) is 0 Å². The van der Waals surface area contributed by atoms with Crippen molar-refractivity contribution in [2.75, 3.05) is 39.3 Å². The first kappa shape index (κ1) is 17.2. The predicted molar refractivity (Wildman–Crippen MR) is 91.9 cm³/mol. The summed E-state index contributed by atoms with van der Waals surface area (Å²) in [5.74, 6) is 0. The minimum Gasteiger partial charge on any atom is -0.317 e. The fourth-order valence-corrected chi connectivity index (χ4v) is 3.98. The molecule has 0 spiro atoms. The fraction of sp³-hybridized carbons (Fsp3) is 1.00. The molecule has 1 unspecified atom stereocenters. The first-order valence-corrected chi connectivity index (χ1v) is 9.50. The Morgan fingerprint density at radius 3 is 2.38 bits per heavy atom. The van der Waals surface area contributed by atoms with Crippen LogP contribution in [0.15, 0.2) is 0 Å². The number of nitrogens with one attached hydrogen (secondary N) is 1. The van der Waals surface area contributed by atoms with Gasteiger partial charge in [-0.15, -0.1) is 0 Å². The van der Waals surface area contributed by atoms with Gasteiger partial charge < -0.3 is 15.1 Å². The van der Waals surface area contributed by atoms with E-state index in [0.717, 1.165) is 12.1 Å². The first-order valence-electron chi connectivity index (χ1n) is 9.50. The smallest absolute Gasteiger partial charge is 0.0120 e. The highest BCUT2D eigenvalue weighted by Gasteiger charge is 2.27. The molecule has 1 atom stereocenters. The van der Waals surface area contributed by atoms with Crippen molar-refractivity contribution in [3.8, 4) is 0 Å². The second kappa shape index (κ2) is 9.81. The average Bonchev–Trinajstić information content (AvgIpc) is 2.55. The largest absolute Gasteiger partial charge is 0.317 e. The lowest BCUT2D eigenvalue weighted by Gasteiger charge is -2.42. The van der Waals surface area contributed by atoms with Crippen LogP contribution in [0.4, 0.5) is 0 Å². The van der Waals surface area contributed by atoms with E-state index in [2.05, 4.69) is 29.0 Å². The van der Waals surface area contributed by atoms with Crippen molar-refractivity contribution >= 4 is 0 Å². The van der Waals surface area contributed by atoms with E-state index in [1.54, 1.807) is 0 Å². The summed E-state index contributed by atoms with van der Waals surface area (Å²) in [5, 5.41) is 3.52. The molecular weight excluding hydrogens is 258 g/mol. The third kappa shape index (κ3) is 5.88. The molecule has 0 radical (unpaired) electrons. The molecule has 2 aliphatic rings. The van der Waals surface area contributed by atoms with Crippen molar-refractivity contribution in [2.45, 2.75) is 77.3 Å². The Hall–Kier alpha value is -0.120. The Bertz CT molecular complexity index is 255. The summed E-state index contributed by atoms with van der Waals surface area (Å²) in [4.78, 5) is 5.51. The van der Waals surface area contributed by atoms with Crippen molar-refractivity contribution in [1.29, 1.82) is 0 Å². The number of nitrogens with zero attached hydrogens (tertiary/aromatic N) is 2. The van der Waals surface area contributed by atoms with Crippen molar-refractivity contribution in [3.05, 3.63) is 0 Å². The molecule has 0 saturated carbocycles. The minimum absolute atomic E-state index is 0.774. The Balaban J connectivity index is 1.59. The molecule has 3 nitrogen and oxygen atoms in total. The number of hydrogen-bond donors (Lipinski definition) is 1. The maximum absolute atomic E-state index is 3.52. The van der Waals surface area contributed by atoms with Crippen LogP contribution < -0.4 is 5.32 Å². The lowest BCUT2D eigenvalue weighted by molar-refractivity contribution is 0.0735. The van der Waals surface area contributed by atoms with E-state index in [1.165, 1.54) is 90.6 Å². The highest BCUT2D eigenvalue weighted by Crippen LogP contribution is 2.22. The summed E-state index contributed by atoms with van der Waals surface area (Å²) in [5.41, 5.74) is 0. The van der Waals surface area contributed by atoms with E-state index >= 15 is 0 Å². The minimum atomic E-state index is 0.774. The summed E-state index contributed by atoms with van der Waals surface area (Å²) in [6, 6.07) is 1.66. The van der Waals surface area contributed by atoms with Crippen LogP contribution in [0.1, 0.15) is 65.2 Å². The molecule has 2 heterocycles. The van der Waals surface area contributed by atoms with Gasteiger partial charge in [0.1, 0.15) is 0 Å². The molecule has 0 bridgehead atoms. The van der Waals surface area contributed by atoms with E-state index in [-0.39, 0.29) is 0 Å². The lowest BCUT2D eigenvalue weighted by atomic mass is 9.98. The lowest BCUT2D eigenvalue weighted by Crippen LogP contribution is -2.48. The van der Waals surface area contributed by atoms with Crippen LogP contribution in [-0.2, 0) is 0 Å². The summed E-state index contributed by atoms with van der Waals surface area (Å²) < 4.78 is 0. The summed E-state index contributed by atoms with van der Waals surface area (Å²) in [7, 11) is 0. The normalized spacial score (nSPS) is 24.3. The Morgan fingerprint density at radius 2 is 1.71 bits per heavy atom. The zero-order valence-electron chi connectivity index (χ0n) is 14.4. The van der Waals surface area contributed by atoms with Crippen molar-refractivity contribution in [2.24, 2.45) is 0 Å². The Kier molecular flexibility index (Phi) is 8.05. The molecule has 2 aliphatic heterocycles. The van der Waals surface area contributed by atoms with Gasteiger partial charge in [0, 0.05) is 12.1 Å². The van der Waals surface area contributed by atoms with Crippen LogP contribution >= 0.6 is 0 Å². The quantitative estimate of drug-likeness (QED) is 0.694. The van der Waals surface area contributed by atoms with E-state index in [1.807, 2.05) is 0 Å². The zero-order valence-corrected chi connectivity index (χ0v) is 14.4. The fourth-order valence-electron chi connectivity index (χ4n) is 3.98. The van der Waals surface area contributed by atoms with Gasteiger partial charge in [-0.05, 0) is 91.1 Å². The third-order valence-electron chi connectivity index (χ3n) is 5.43. The first-order chi connectivity index (χ1) is 10.3. The number of likely N-dealkylation sites (tertiary alicyclic amines) is 2. The van der Waals surface area contributed by atoms with Crippen LogP contribution in [-0.4, -0.2) is 61.2 Å². The van der Waals surface area contributed by atoms with Gasteiger partial charge in [0.05, 0.1) is 0 Å². The van der Waals surface area contributed by atoms with Gasteiger partial charge in [-0.25, -0.2) is 0 Å². The molecule has 0 aliphatic carbocycles. The highest BCUT2D eigenvalue weighted by atomic mass is 15.2. The van der Waals surface area contributed by atoms with Gasteiger partial charge in [0.25, 0.3) is 0 Å². The maximum atomic E-state index is 3.52. The number of rotatable bonds is 8. The maximum Gasteiger partial charge on any atom is 0.0120 e. The predicted octanol–water partition coefficient (Wildman–Crippen LogP) is 3.11. The van der Waals surface area contributed by atoms with Crippen molar-refractivity contribution in [3.63, 3.8) is 0 Å². The third-order valence-corrected chi connectivity index (χ3v) is 5.43. The monoisotopic (exact) mass is 295 g/mol. The van der Waals surface area contributed by atoms with Gasteiger partial charge in [-0.1, -0.05) is 13.3 Å². The van der Waals surface area contributed by atoms with E-state index < -0.39 is 0 Å². The zero-order chi connectivity index (χ0) is 14.9. The molecule has 2 fully saturated rings. The summed E-state index contributed by atoms with van der Waals surface area (Å²) >= 11 is 0. The van der Waals surface area contributed by atoms with Crippen LogP contribution in [0.3, 0.4) is 0 Å². The van der Waals surface area contributed by atoms with Crippen molar-refractivity contribution < 1.29 is 0 Å². The van der Waals surface area contributed by atoms with Crippen LogP contribution in [0.25, 0.3) is 0 Å². The van der Waals surface area contributed by atoms with Crippen molar-refractivity contribution in [1.82, 2.24) is 15.1 Å². The molecule has 3 heteroatoms. The van der Waals surface area contributed by atoms with Crippen LogP contribution in [0.5, 0.6) is 0 Å². The average molecular weight is 296 g/mol. The summed E-state index contributed by atoms with van der Waals surface area (Å²) in [6.07, 6.45) is 11.1. The topological polar surface area (TPSA) is 18.5 Å². The molecule has 0 aromatic heterocycles. The molecule has 0 amide bonds. The molecule has 0 aromatic rings. The SMILES string of the molecule is CCCNCCCC(C)N1CCC(N2CCCCC2)CC1. The molecule has 124 valence electrons. The van der Waals surface area contributed by atoms with E-state index in [9.17, 15) is 0 Å². The molecule has 0 aromatic carbocycles. The van der Waals surface area contributed by atoms with E-state index in [0.29, 0.717) is 0 Å². The molecule has 21 heavy (non-hydrogen) atoms. The Labute approximate surface area is 132 Å². The van der Waals surface area contributed by atoms with Crippen LogP contribution in [0.2, 0.25) is 0 Å². The number of hydrogen-bond acceptors (Lipinski definition) is 3. The molecule has 2 rings (SSSR count). The second-order valence-electron chi connectivity index (χ2n) is 7.11.